The van der Waals surface area contributed by atoms with E-state index in [0.717, 1.165) is 28.8 Å². The van der Waals surface area contributed by atoms with Gasteiger partial charge in [0, 0.05) is 32.8 Å². The summed E-state index contributed by atoms with van der Waals surface area (Å²) in [6.07, 6.45) is 2.25. The SMILES string of the molecule is NC1=C(Br)CCC2C1C2c1ccc(-c2nc(-c3ccccc3)nc(-c3ccccc3)n2)cc1. The van der Waals surface area contributed by atoms with Crippen LogP contribution >= 0.6 is 15.9 Å². The third-order valence-corrected chi connectivity index (χ3v) is 7.65. The van der Waals surface area contributed by atoms with Crippen LogP contribution in [0.3, 0.4) is 0 Å². The highest BCUT2D eigenvalue weighted by molar-refractivity contribution is 9.11. The molecule has 4 aromatic rings. The van der Waals surface area contributed by atoms with Crippen molar-refractivity contribution in [3.05, 3.63) is 101 Å². The second kappa shape index (κ2) is 8.23. The Morgan fingerprint density at radius 3 is 1.64 bits per heavy atom. The first kappa shape index (κ1) is 20.3. The number of hydrogen-bond donors (Lipinski definition) is 1. The Kier molecular flexibility index (Phi) is 5.07. The molecule has 3 aromatic carbocycles. The van der Waals surface area contributed by atoms with Crippen molar-refractivity contribution in [2.45, 2.75) is 18.8 Å². The molecule has 6 rings (SSSR count). The molecule has 3 unspecified atom stereocenters. The van der Waals surface area contributed by atoms with Crippen LogP contribution in [-0.4, -0.2) is 15.0 Å². The van der Waals surface area contributed by atoms with Crippen LogP contribution in [0.4, 0.5) is 0 Å². The summed E-state index contributed by atoms with van der Waals surface area (Å²) < 4.78 is 1.19. The van der Waals surface area contributed by atoms with Crippen molar-refractivity contribution >= 4 is 15.9 Å². The minimum atomic E-state index is 0.477. The molecular formula is C28H23BrN4. The molecule has 5 heteroatoms. The Morgan fingerprint density at radius 2 is 1.12 bits per heavy atom. The molecule has 0 aliphatic heterocycles. The summed E-state index contributed by atoms with van der Waals surface area (Å²) in [7, 11) is 0. The van der Waals surface area contributed by atoms with Gasteiger partial charge >= 0.3 is 0 Å². The van der Waals surface area contributed by atoms with Crippen LogP contribution in [0.5, 0.6) is 0 Å². The second-order valence-corrected chi connectivity index (χ2v) is 9.73. The van der Waals surface area contributed by atoms with Gasteiger partial charge in [0.25, 0.3) is 0 Å². The van der Waals surface area contributed by atoms with Gasteiger partial charge < -0.3 is 5.73 Å². The lowest BCUT2D eigenvalue weighted by Crippen LogP contribution is -2.07. The molecule has 4 nitrogen and oxygen atoms in total. The summed E-state index contributed by atoms with van der Waals surface area (Å²) in [5.41, 5.74) is 11.7. The Labute approximate surface area is 201 Å². The van der Waals surface area contributed by atoms with E-state index in [1.54, 1.807) is 0 Å². The molecule has 2 N–H and O–H groups in total. The first-order chi connectivity index (χ1) is 16.2. The summed E-state index contributed by atoms with van der Waals surface area (Å²) >= 11 is 3.65. The molecule has 0 spiro atoms. The molecule has 0 saturated heterocycles. The molecule has 162 valence electrons. The van der Waals surface area contributed by atoms with Crippen LogP contribution in [-0.2, 0) is 0 Å². The highest BCUT2D eigenvalue weighted by Crippen LogP contribution is 2.62. The molecule has 1 saturated carbocycles. The van der Waals surface area contributed by atoms with E-state index in [0.29, 0.717) is 35.2 Å². The highest BCUT2D eigenvalue weighted by Gasteiger charge is 2.54. The molecule has 1 heterocycles. The number of benzene rings is 3. The van der Waals surface area contributed by atoms with Crippen LogP contribution < -0.4 is 5.73 Å². The molecule has 2 aliphatic carbocycles. The molecule has 1 fully saturated rings. The zero-order chi connectivity index (χ0) is 22.4. The van der Waals surface area contributed by atoms with Gasteiger partial charge in [0.1, 0.15) is 0 Å². The molecule has 0 radical (unpaired) electrons. The van der Waals surface area contributed by atoms with Gasteiger partial charge in [0.15, 0.2) is 17.5 Å². The van der Waals surface area contributed by atoms with E-state index in [1.807, 2.05) is 60.7 Å². The first-order valence-corrected chi connectivity index (χ1v) is 12.1. The van der Waals surface area contributed by atoms with Gasteiger partial charge in [-0.15, -0.1) is 0 Å². The van der Waals surface area contributed by atoms with Crippen LogP contribution in [0.15, 0.2) is 95.1 Å². The number of rotatable bonds is 4. The number of nitrogens with zero attached hydrogens (tertiary/aromatic N) is 3. The minimum Gasteiger partial charge on any atom is -0.401 e. The normalized spacial score (nSPS) is 21.5. The van der Waals surface area contributed by atoms with Crippen LogP contribution in [0.1, 0.15) is 24.3 Å². The lowest BCUT2D eigenvalue weighted by molar-refractivity contribution is 0.647. The van der Waals surface area contributed by atoms with Gasteiger partial charge in [-0.1, -0.05) is 101 Å². The van der Waals surface area contributed by atoms with Gasteiger partial charge in [-0.3, -0.25) is 0 Å². The second-order valence-electron chi connectivity index (χ2n) is 8.77. The molecule has 1 aromatic heterocycles. The van der Waals surface area contributed by atoms with Crippen LogP contribution in [0.25, 0.3) is 34.2 Å². The van der Waals surface area contributed by atoms with Gasteiger partial charge in [-0.25, -0.2) is 15.0 Å². The predicted molar refractivity (Wildman–Crippen MR) is 135 cm³/mol. The van der Waals surface area contributed by atoms with E-state index in [1.165, 1.54) is 16.5 Å². The van der Waals surface area contributed by atoms with Gasteiger partial charge in [0.05, 0.1) is 0 Å². The first-order valence-electron chi connectivity index (χ1n) is 11.3. The van der Waals surface area contributed by atoms with E-state index >= 15 is 0 Å². The van der Waals surface area contributed by atoms with Crippen molar-refractivity contribution in [2.75, 3.05) is 0 Å². The minimum absolute atomic E-state index is 0.477. The number of halogens is 1. The van der Waals surface area contributed by atoms with E-state index in [9.17, 15) is 0 Å². The standard InChI is InChI=1S/C28H23BrN4/c29-22-16-15-21-23(24(21)25(22)30)17-11-13-20(14-12-17)28-32-26(18-7-3-1-4-8-18)31-27(33-28)19-9-5-2-6-10-19/h1-14,21,23-24H,15-16,30H2. The van der Waals surface area contributed by atoms with E-state index in [-0.39, 0.29) is 0 Å². The molecule has 0 bridgehead atoms. The molecule has 3 atom stereocenters. The average molecular weight is 495 g/mol. The number of hydrogen-bond acceptors (Lipinski definition) is 4. The van der Waals surface area contributed by atoms with E-state index < -0.39 is 0 Å². The van der Waals surface area contributed by atoms with Crippen molar-refractivity contribution in [3.8, 4) is 34.2 Å². The van der Waals surface area contributed by atoms with E-state index in [2.05, 4.69) is 40.2 Å². The van der Waals surface area contributed by atoms with Gasteiger partial charge in [-0.05, 0) is 30.2 Å². The summed E-state index contributed by atoms with van der Waals surface area (Å²) in [6.45, 7) is 0. The van der Waals surface area contributed by atoms with Gasteiger partial charge in [0.2, 0.25) is 0 Å². The maximum Gasteiger partial charge on any atom is 0.164 e. The smallest absolute Gasteiger partial charge is 0.164 e. The predicted octanol–water partition coefficient (Wildman–Crippen LogP) is 6.56. The number of allylic oxidation sites excluding steroid dienone is 2. The van der Waals surface area contributed by atoms with Crippen LogP contribution in [0.2, 0.25) is 0 Å². The third kappa shape index (κ3) is 3.76. The molecular weight excluding hydrogens is 472 g/mol. The number of nitrogens with two attached hydrogens (primary N) is 1. The Morgan fingerprint density at radius 1 is 0.636 bits per heavy atom. The highest BCUT2D eigenvalue weighted by atomic mass is 79.9. The molecule has 33 heavy (non-hydrogen) atoms. The zero-order valence-electron chi connectivity index (χ0n) is 18.0. The topological polar surface area (TPSA) is 64.7 Å². The molecule has 2 aliphatic rings. The van der Waals surface area contributed by atoms with Crippen molar-refractivity contribution < 1.29 is 0 Å². The van der Waals surface area contributed by atoms with Gasteiger partial charge in [-0.2, -0.15) is 0 Å². The van der Waals surface area contributed by atoms with Crippen molar-refractivity contribution in [2.24, 2.45) is 17.6 Å². The number of fused-ring (bicyclic) bond motifs is 1. The lowest BCUT2D eigenvalue weighted by Gasteiger charge is -2.10. The largest absolute Gasteiger partial charge is 0.401 e. The maximum absolute atomic E-state index is 6.36. The summed E-state index contributed by atoms with van der Waals surface area (Å²) in [4.78, 5) is 14.4. The third-order valence-electron chi connectivity index (χ3n) is 6.79. The van der Waals surface area contributed by atoms with Crippen LogP contribution in [0, 0.1) is 11.8 Å². The Balaban J connectivity index is 1.37. The fourth-order valence-corrected chi connectivity index (χ4v) is 5.52. The van der Waals surface area contributed by atoms with E-state index in [4.69, 9.17) is 20.7 Å². The quantitative estimate of drug-likeness (QED) is 0.348. The van der Waals surface area contributed by atoms with Crippen molar-refractivity contribution in [1.82, 2.24) is 15.0 Å². The fourth-order valence-electron chi connectivity index (χ4n) is 5.02. The summed E-state index contributed by atoms with van der Waals surface area (Å²) in [5, 5.41) is 0. The average Bonchev–Trinajstić information content (AvgIpc) is 3.62. The zero-order valence-corrected chi connectivity index (χ0v) is 19.6. The Bertz CT molecular complexity index is 1280. The molecule has 0 amide bonds. The summed E-state index contributed by atoms with van der Waals surface area (Å²) in [6, 6.07) is 28.8. The lowest BCUT2D eigenvalue weighted by atomic mass is 10.0. The fraction of sp³-hybridized carbons (Fsp3) is 0.179. The Hall–Kier alpha value is -3.31. The summed E-state index contributed by atoms with van der Waals surface area (Å²) in [5.74, 6) is 3.71. The van der Waals surface area contributed by atoms with Crippen molar-refractivity contribution in [1.29, 1.82) is 0 Å². The monoisotopic (exact) mass is 494 g/mol. The number of aromatic nitrogens is 3. The van der Waals surface area contributed by atoms with Crippen molar-refractivity contribution in [3.63, 3.8) is 0 Å². The maximum atomic E-state index is 6.36.